The number of hydrogen-bond acceptors (Lipinski definition) is 4. The highest BCUT2D eigenvalue weighted by Crippen LogP contribution is 2.25. The molecule has 1 aliphatic rings. The summed E-state index contributed by atoms with van der Waals surface area (Å²) >= 11 is 1.86. The molecule has 1 aromatic carbocycles. The van der Waals surface area contributed by atoms with Crippen LogP contribution < -0.4 is 4.90 Å². The van der Waals surface area contributed by atoms with Gasteiger partial charge in [0.1, 0.15) is 5.82 Å². The zero-order valence-corrected chi connectivity index (χ0v) is 14.0. The molecular weight excluding hydrogens is 280 g/mol. The maximum atomic E-state index is 4.75. The number of aromatic nitrogens is 2. The number of likely N-dealkylation sites (N-methyl/N-ethyl adjacent to an activating group) is 1. The van der Waals surface area contributed by atoms with Crippen molar-refractivity contribution in [2.75, 3.05) is 50.1 Å². The van der Waals surface area contributed by atoms with Crippen LogP contribution in [0.15, 0.2) is 12.1 Å². The highest BCUT2D eigenvalue weighted by Gasteiger charge is 2.16. The van der Waals surface area contributed by atoms with E-state index >= 15 is 0 Å². The molecule has 0 aliphatic carbocycles. The van der Waals surface area contributed by atoms with Crippen LogP contribution in [-0.2, 0) is 6.42 Å². The predicted molar refractivity (Wildman–Crippen MR) is 92.6 cm³/mol. The van der Waals surface area contributed by atoms with Gasteiger partial charge in [0.15, 0.2) is 0 Å². The van der Waals surface area contributed by atoms with Gasteiger partial charge >= 0.3 is 0 Å². The molecule has 1 aliphatic heterocycles. The number of anilines is 1. The molecule has 5 heteroatoms. The third-order valence-electron chi connectivity index (χ3n) is 4.22. The third-order valence-corrected chi connectivity index (χ3v) is 4.83. The summed E-state index contributed by atoms with van der Waals surface area (Å²) in [6.07, 6.45) is 3.15. The van der Waals surface area contributed by atoms with E-state index in [1.54, 1.807) is 0 Å². The number of aryl methyl sites for hydroxylation is 2. The summed E-state index contributed by atoms with van der Waals surface area (Å²) in [6, 6.07) is 4.55. The number of piperazine rings is 1. The summed E-state index contributed by atoms with van der Waals surface area (Å²) in [5.74, 6) is 2.22. The molecule has 2 aromatic rings. The number of benzene rings is 1. The van der Waals surface area contributed by atoms with Crippen molar-refractivity contribution in [2.45, 2.75) is 13.3 Å². The minimum absolute atomic E-state index is 1.01. The van der Waals surface area contributed by atoms with Crippen LogP contribution in [0, 0.1) is 6.92 Å². The van der Waals surface area contributed by atoms with E-state index in [4.69, 9.17) is 4.98 Å². The molecule has 0 bridgehead atoms. The van der Waals surface area contributed by atoms with Gasteiger partial charge in [0.25, 0.3) is 0 Å². The van der Waals surface area contributed by atoms with Gasteiger partial charge in [-0.05, 0) is 37.9 Å². The summed E-state index contributed by atoms with van der Waals surface area (Å²) in [5, 5.41) is 0. The quantitative estimate of drug-likeness (QED) is 0.941. The Labute approximate surface area is 130 Å². The van der Waals surface area contributed by atoms with Crippen molar-refractivity contribution in [1.29, 1.82) is 0 Å². The van der Waals surface area contributed by atoms with Crippen LogP contribution in [-0.4, -0.2) is 60.1 Å². The van der Waals surface area contributed by atoms with Gasteiger partial charge < -0.3 is 14.8 Å². The lowest BCUT2D eigenvalue weighted by Gasteiger charge is -2.34. The lowest BCUT2D eigenvalue weighted by atomic mass is 10.1. The second kappa shape index (κ2) is 6.28. The second-order valence-corrected chi connectivity index (χ2v) is 6.86. The van der Waals surface area contributed by atoms with Crippen molar-refractivity contribution >= 4 is 28.5 Å². The van der Waals surface area contributed by atoms with E-state index in [1.807, 2.05) is 11.8 Å². The highest BCUT2D eigenvalue weighted by atomic mass is 32.2. The van der Waals surface area contributed by atoms with Crippen molar-refractivity contribution in [3.63, 3.8) is 0 Å². The third kappa shape index (κ3) is 3.19. The molecule has 1 N–H and O–H groups in total. The lowest BCUT2D eigenvalue weighted by molar-refractivity contribution is 0.313. The van der Waals surface area contributed by atoms with E-state index in [2.05, 4.69) is 47.1 Å². The normalized spacial score (nSPS) is 16.8. The fourth-order valence-electron chi connectivity index (χ4n) is 2.89. The van der Waals surface area contributed by atoms with Gasteiger partial charge in [-0.1, -0.05) is 0 Å². The predicted octanol–water partition coefficient (Wildman–Crippen LogP) is 2.53. The smallest absolute Gasteiger partial charge is 0.108 e. The van der Waals surface area contributed by atoms with E-state index < -0.39 is 0 Å². The molecule has 1 aromatic heterocycles. The van der Waals surface area contributed by atoms with Gasteiger partial charge in [0.05, 0.1) is 11.0 Å². The molecule has 0 amide bonds. The van der Waals surface area contributed by atoms with Crippen molar-refractivity contribution in [2.24, 2.45) is 0 Å². The largest absolute Gasteiger partial charge is 0.369 e. The molecule has 1 saturated heterocycles. The number of aromatic amines is 1. The van der Waals surface area contributed by atoms with Crippen molar-refractivity contribution in [3.05, 3.63) is 23.5 Å². The van der Waals surface area contributed by atoms with Crippen LogP contribution in [0.25, 0.3) is 11.0 Å². The molecule has 0 saturated carbocycles. The Morgan fingerprint density at radius 3 is 2.71 bits per heavy atom. The summed E-state index contributed by atoms with van der Waals surface area (Å²) in [4.78, 5) is 13.1. The standard InChI is InChI=1S/C16H24N4S/c1-12-10-13(20-7-5-19(2)6-8-20)11-14-16(12)18-15(17-14)4-9-21-3/h10-11H,4-9H2,1-3H3,(H,17,18). The van der Waals surface area contributed by atoms with E-state index in [0.717, 1.165) is 49.7 Å². The first-order chi connectivity index (χ1) is 10.2. The first-order valence-corrected chi connectivity index (χ1v) is 8.98. The molecule has 3 rings (SSSR count). The number of hydrogen-bond donors (Lipinski definition) is 1. The Hall–Kier alpha value is -1.20. The molecule has 114 valence electrons. The van der Waals surface area contributed by atoms with Crippen LogP contribution in [0.3, 0.4) is 0 Å². The number of H-pyrrole nitrogens is 1. The van der Waals surface area contributed by atoms with Crippen LogP contribution in [0.2, 0.25) is 0 Å². The van der Waals surface area contributed by atoms with E-state index in [9.17, 15) is 0 Å². The molecule has 0 radical (unpaired) electrons. The van der Waals surface area contributed by atoms with Crippen LogP contribution in [0.5, 0.6) is 0 Å². The Kier molecular flexibility index (Phi) is 4.40. The average Bonchev–Trinajstić information content (AvgIpc) is 2.89. The van der Waals surface area contributed by atoms with Crippen molar-refractivity contribution in [1.82, 2.24) is 14.9 Å². The average molecular weight is 304 g/mol. The number of rotatable bonds is 4. The molecule has 0 atom stereocenters. The lowest BCUT2D eigenvalue weighted by Crippen LogP contribution is -2.44. The Morgan fingerprint density at radius 1 is 1.24 bits per heavy atom. The van der Waals surface area contributed by atoms with Gasteiger partial charge in [0.2, 0.25) is 0 Å². The zero-order chi connectivity index (χ0) is 14.8. The Bertz CT molecular complexity index is 614. The Balaban J connectivity index is 1.87. The van der Waals surface area contributed by atoms with Gasteiger partial charge in [-0.15, -0.1) is 0 Å². The topological polar surface area (TPSA) is 35.2 Å². The minimum Gasteiger partial charge on any atom is -0.369 e. The van der Waals surface area contributed by atoms with Crippen LogP contribution in [0.4, 0.5) is 5.69 Å². The van der Waals surface area contributed by atoms with Gasteiger partial charge in [-0.3, -0.25) is 0 Å². The fourth-order valence-corrected chi connectivity index (χ4v) is 3.28. The molecule has 1 fully saturated rings. The minimum atomic E-state index is 1.01. The zero-order valence-electron chi connectivity index (χ0n) is 13.1. The first kappa shape index (κ1) is 14.7. The summed E-state index contributed by atoms with van der Waals surface area (Å²) in [7, 11) is 2.19. The van der Waals surface area contributed by atoms with E-state index in [0.29, 0.717) is 0 Å². The number of imidazole rings is 1. The Morgan fingerprint density at radius 2 is 2.00 bits per heavy atom. The molecule has 0 spiro atoms. The number of fused-ring (bicyclic) bond motifs is 1. The second-order valence-electron chi connectivity index (χ2n) is 5.88. The number of nitrogens with one attached hydrogen (secondary N) is 1. The maximum absolute atomic E-state index is 4.75. The molecule has 2 heterocycles. The van der Waals surface area contributed by atoms with Crippen LogP contribution in [0.1, 0.15) is 11.4 Å². The number of nitrogens with zero attached hydrogens (tertiary/aromatic N) is 3. The van der Waals surface area contributed by atoms with E-state index in [-0.39, 0.29) is 0 Å². The summed E-state index contributed by atoms with van der Waals surface area (Å²) in [6.45, 7) is 6.66. The summed E-state index contributed by atoms with van der Waals surface area (Å²) < 4.78 is 0. The van der Waals surface area contributed by atoms with Gasteiger partial charge in [-0.25, -0.2) is 4.98 Å². The first-order valence-electron chi connectivity index (χ1n) is 7.59. The van der Waals surface area contributed by atoms with Gasteiger partial charge in [-0.2, -0.15) is 11.8 Å². The highest BCUT2D eigenvalue weighted by molar-refractivity contribution is 7.98. The SMILES string of the molecule is CSCCc1nc2c(C)cc(N3CCN(C)CC3)cc2[nH]1. The van der Waals surface area contributed by atoms with Crippen molar-refractivity contribution < 1.29 is 0 Å². The molecule has 21 heavy (non-hydrogen) atoms. The molecular formula is C16H24N4S. The maximum Gasteiger partial charge on any atom is 0.108 e. The van der Waals surface area contributed by atoms with Gasteiger partial charge in [0, 0.05) is 44.0 Å². The molecule has 4 nitrogen and oxygen atoms in total. The fraction of sp³-hybridized carbons (Fsp3) is 0.562. The monoisotopic (exact) mass is 304 g/mol. The summed E-state index contributed by atoms with van der Waals surface area (Å²) in [5.41, 5.74) is 4.91. The van der Waals surface area contributed by atoms with E-state index in [1.165, 1.54) is 16.8 Å². The number of thioether (sulfide) groups is 1. The van der Waals surface area contributed by atoms with Crippen molar-refractivity contribution in [3.8, 4) is 0 Å². The molecule has 0 unspecified atom stereocenters. The van der Waals surface area contributed by atoms with Crippen LogP contribution >= 0.6 is 11.8 Å².